The van der Waals surface area contributed by atoms with Gasteiger partial charge in [-0.2, -0.15) is 0 Å². The summed E-state index contributed by atoms with van der Waals surface area (Å²) in [6.45, 7) is 2.17. The van der Waals surface area contributed by atoms with Crippen molar-refractivity contribution in [3.63, 3.8) is 0 Å². The van der Waals surface area contributed by atoms with Crippen molar-refractivity contribution in [3.8, 4) is 0 Å². The quantitative estimate of drug-likeness (QED) is 0.685. The van der Waals surface area contributed by atoms with Crippen LogP contribution in [0, 0.1) is 0 Å². The van der Waals surface area contributed by atoms with Gasteiger partial charge >= 0.3 is 0 Å². The van der Waals surface area contributed by atoms with Gasteiger partial charge in [-0.25, -0.2) is 0 Å². The summed E-state index contributed by atoms with van der Waals surface area (Å²) in [6.07, 6.45) is 5.89. The maximum Gasteiger partial charge on any atom is 0.160 e. The Bertz CT molecular complexity index is 327. The molecule has 0 aromatic heterocycles. The molecule has 0 saturated heterocycles. The molecule has 0 radical (unpaired) electrons. The van der Waals surface area contributed by atoms with Crippen molar-refractivity contribution < 1.29 is 9.47 Å². The summed E-state index contributed by atoms with van der Waals surface area (Å²) in [7, 11) is 3.31. The van der Waals surface area contributed by atoms with Crippen LogP contribution in [0.2, 0.25) is 0 Å². The molecule has 16 heavy (non-hydrogen) atoms. The number of rotatable bonds is 6. The first-order valence-electron chi connectivity index (χ1n) is 5.61. The van der Waals surface area contributed by atoms with E-state index >= 15 is 0 Å². The topological polar surface area (TPSA) is 18.5 Å². The Morgan fingerprint density at radius 2 is 1.88 bits per heavy atom. The lowest BCUT2D eigenvalue weighted by molar-refractivity contribution is -0.0985. The molecule has 88 valence electrons. The lowest BCUT2D eigenvalue weighted by atomic mass is 10.0. The molecule has 2 heteroatoms. The molecule has 0 atom stereocenters. The molecule has 0 aliphatic rings. The van der Waals surface area contributed by atoms with Crippen molar-refractivity contribution in [3.05, 3.63) is 41.5 Å². The first-order valence-corrected chi connectivity index (χ1v) is 5.61. The summed E-state index contributed by atoms with van der Waals surface area (Å²) in [5, 5.41) is 0. The Morgan fingerprint density at radius 1 is 1.19 bits per heavy atom. The lowest BCUT2D eigenvalue weighted by Gasteiger charge is -2.10. The molecule has 0 aliphatic carbocycles. The van der Waals surface area contributed by atoms with E-state index in [0.29, 0.717) is 0 Å². The van der Waals surface area contributed by atoms with Crippen molar-refractivity contribution in [2.75, 3.05) is 14.2 Å². The number of ether oxygens (including phenoxy) is 2. The summed E-state index contributed by atoms with van der Waals surface area (Å²) in [5.41, 5.74) is 2.64. The molecule has 0 N–H and O–H groups in total. The second-order valence-electron chi connectivity index (χ2n) is 3.59. The van der Waals surface area contributed by atoms with Crippen molar-refractivity contribution in [1.29, 1.82) is 0 Å². The normalized spacial score (nSPS) is 11.5. The molecule has 1 rings (SSSR count). The highest BCUT2D eigenvalue weighted by Crippen LogP contribution is 2.12. The molecule has 0 saturated carbocycles. The second-order valence-corrected chi connectivity index (χ2v) is 3.59. The van der Waals surface area contributed by atoms with Crippen LogP contribution in [-0.2, 0) is 15.9 Å². The van der Waals surface area contributed by atoms with Gasteiger partial charge in [-0.15, -0.1) is 0 Å². The maximum absolute atomic E-state index is 5.12. The molecule has 0 fully saturated rings. The predicted octanol–water partition coefficient (Wildman–Crippen LogP) is 3.27. The zero-order valence-electron chi connectivity index (χ0n) is 10.3. The van der Waals surface area contributed by atoms with Crippen LogP contribution >= 0.6 is 0 Å². The first-order chi connectivity index (χ1) is 7.81. The van der Waals surface area contributed by atoms with E-state index in [1.165, 1.54) is 11.1 Å². The van der Waals surface area contributed by atoms with Crippen LogP contribution in [0.3, 0.4) is 0 Å². The Morgan fingerprint density at radius 3 is 2.50 bits per heavy atom. The number of aryl methyl sites for hydroxylation is 1. The number of hydrogen-bond donors (Lipinski definition) is 0. The van der Waals surface area contributed by atoms with E-state index in [-0.39, 0.29) is 6.29 Å². The van der Waals surface area contributed by atoms with E-state index in [4.69, 9.17) is 9.47 Å². The van der Waals surface area contributed by atoms with E-state index in [1.807, 2.05) is 0 Å². The van der Waals surface area contributed by atoms with E-state index in [9.17, 15) is 0 Å². The van der Waals surface area contributed by atoms with Gasteiger partial charge < -0.3 is 9.47 Å². The molecule has 0 spiro atoms. The van der Waals surface area contributed by atoms with Crippen molar-refractivity contribution >= 4 is 6.08 Å². The summed E-state index contributed by atoms with van der Waals surface area (Å²) < 4.78 is 10.2. The van der Waals surface area contributed by atoms with E-state index in [2.05, 4.69) is 43.3 Å². The fraction of sp³-hybridized carbons (Fsp3) is 0.429. The molecule has 0 amide bonds. The first kappa shape index (κ1) is 12.9. The number of hydrogen-bond acceptors (Lipinski definition) is 2. The predicted molar refractivity (Wildman–Crippen MR) is 67.3 cm³/mol. The molecule has 0 heterocycles. The lowest BCUT2D eigenvalue weighted by Crippen LogP contribution is -2.10. The van der Waals surface area contributed by atoms with E-state index in [0.717, 1.165) is 12.8 Å². The van der Waals surface area contributed by atoms with E-state index in [1.54, 1.807) is 14.2 Å². The fourth-order valence-corrected chi connectivity index (χ4v) is 1.61. The van der Waals surface area contributed by atoms with Crippen molar-refractivity contribution in [1.82, 2.24) is 0 Å². The van der Waals surface area contributed by atoms with Gasteiger partial charge in [0.25, 0.3) is 0 Å². The van der Waals surface area contributed by atoms with Crippen LogP contribution in [0.15, 0.2) is 30.3 Å². The van der Waals surface area contributed by atoms with Crippen LogP contribution in [-0.4, -0.2) is 20.5 Å². The third kappa shape index (κ3) is 3.80. The monoisotopic (exact) mass is 220 g/mol. The fourth-order valence-electron chi connectivity index (χ4n) is 1.61. The van der Waals surface area contributed by atoms with Gasteiger partial charge in [0, 0.05) is 20.6 Å². The third-order valence-corrected chi connectivity index (χ3v) is 2.59. The minimum Gasteiger partial charge on any atom is -0.356 e. The Hall–Kier alpha value is -1.12. The molecule has 0 unspecified atom stereocenters. The van der Waals surface area contributed by atoms with Gasteiger partial charge in [0.05, 0.1) is 0 Å². The highest BCUT2D eigenvalue weighted by Gasteiger charge is 2.01. The Labute approximate surface area is 97.9 Å². The highest BCUT2D eigenvalue weighted by molar-refractivity contribution is 5.53. The minimum absolute atomic E-state index is 0.148. The molecular weight excluding hydrogens is 200 g/mol. The molecule has 0 aliphatic heterocycles. The van der Waals surface area contributed by atoms with Crippen LogP contribution in [0.1, 0.15) is 24.5 Å². The van der Waals surface area contributed by atoms with Crippen LogP contribution in [0.25, 0.3) is 6.08 Å². The van der Waals surface area contributed by atoms with Gasteiger partial charge in [0.15, 0.2) is 6.29 Å². The zero-order valence-corrected chi connectivity index (χ0v) is 10.3. The summed E-state index contributed by atoms with van der Waals surface area (Å²) >= 11 is 0. The molecule has 1 aromatic rings. The average molecular weight is 220 g/mol. The molecular formula is C14H20O2. The van der Waals surface area contributed by atoms with Gasteiger partial charge in [-0.3, -0.25) is 0 Å². The second kappa shape index (κ2) is 7.20. The smallest absolute Gasteiger partial charge is 0.160 e. The standard InChI is InChI=1S/C14H20O2/c1-4-12-8-5-6-9-13(12)10-7-11-14(15-2)16-3/h5-10,14H,4,11H2,1-3H3. The van der Waals surface area contributed by atoms with Gasteiger partial charge in [0.1, 0.15) is 0 Å². The van der Waals surface area contributed by atoms with Crippen LogP contribution < -0.4 is 0 Å². The highest BCUT2D eigenvalue weighted by atomic mass is 16.7. The van der Waals surface area contributed by atoms with Gasteiger partial charge in [-0.1, -0.05) is 43.3 Å². The van der Waals surface area contributed by atoms with Gasteiger partial charge in [0.2, 0.25) is 0 Å². The number of benzene rings is 1. The van der Waals surface area contributed by atoms with Crippen molar-refractivity contribution in [2.24, 2.45) is 0 Å². The number of methoxy groups -OCH3 is 2. The zero-order chi connectivity index (χ0) is 11.8. The van der Waals surface area contributed by atoms with Crippen molar-refractivity contribution in [2.45, 2.75) is 26.1 Å². The minimum atomic E-state index is -0.148. The summed E-state index contributed by atoms with van der Waals surface area (Å²) in [5.74, 6) is 0. The SMILES string of the molecule is CCc1ccccc1C=CCC(OC)OC. The molecule has 2 nitrogen and oxygen atoms in total. The summed E-state index contributed by atoms with van der Waals surface area (Å²) in [6, 6.07) is 8.42. The Balaban J connectivity index is 2.61. The largest absolute Gasteiger partial charge is 0.356 e. The van der Waals surface area contributed by atoms with Gasteiger partial charge in [-0.05, 0) is 17.5 Å². The van der Waals surface area contributed by atoms with E-state index < -0.39 is 0 Å². The van der Waals surface area contributed by atoms with Crippen LogP contribution in [0.5, 0.6) is 0 Å². The maximum atomic E-state index is 5.12. The molecule has 0 bridgehead atoms. The third-order valence-electron chi connectivity index (χ3n) is 2.59. The summed E-state index contributed by atoms with van der Waals surface area (Å²) in [4.78, 5) is 0. The van der Waals surface area contributed by atoms with Crippen LogP contribution in [0.4, 0.5) is 0 Å². The molecule has 1 aromatic carbocycles. The Kier molecular flexibility index (Phi) is 5.83. The average Bonchev–Trinajstić information content (AvgIpc) is 2.35.